The Morgan fingerprint density at radius 1 is 0.581 bits per heavy atom. The monoisotopic (exact) mass is 412 g/mol. The molecule has 0 heterocycles. The SMILES string of the molecule is COc1ccc(C#Cc2ccc(C#Cc3ccc4cc(F)ccc4c3)c(F)c2)c(F)c1. The molecule has 4 heteroatoms. The fourth-order valence-electron chi connectivity index (χ4n) is 2.99. The second-order valence-corrected chi connectivity index (χ2v) is 6.75. The Hall–Kier alpha value is -4.15. The van der Waals surface area contributed by atoms with Gasteiger partial charge in [0.05, 0.1) is 18.2 Å². The Morgan fingerprint density at radius 3 is 1.84 bits per heavy atom. The van der Waals surface area contributed by atoms with Crippen LogP contribution in [-0.4, -0.2) is 7.11 Å². The molecule has 0 saturated heterocycles. The van der Waals surface area contributed by atoms with Crippen molar-refractivity contribution in [1.29, 1.82) is 0 Å². The lowest BCUT2D eigenvalue weighted by atomic mass is 10.1. The molecule has 4 rings (SSSR count). The van der Waals surface area contributed by atoms with Gasteiger partial charge in [-0.1, -0.05) is 35.8 Å². The first-order valence-corrected chi connectivity index (χ1v) is 9.38. The molecule has 0 aliphatic heterocycles. The lowest BCUT2D eigenvalue weighted by Gasteiger charge is -2.00. The van der Waals surface area contributed by atoms with Gasteiger partial charge in [-0.05, 0) is 65.4 Å². The van der Waals surface area contributed by atoms with Crippen LogP contribution in [-0.2, 0) is 0 Å². The van der Waals surface area contributed by atoms with Crippen LogP contribution in [0.2, 0.25) is 0 Å². The van der Waals surface area contributed by atoms with E-state index in [1.807, 2.05) is 6.07 Å². The van der Waals surface area contributed by atoms with Gasteiger partial charge in [0.15, 0.2) is 0 Å². The Morgan fingerprint density at radius 2 is 1.16 bits per heavy atom. The zero-order valence-electron chi connectivity index (χ0n) is 16.5. The molecule has 4 aromatic rings. The molecule has 0 unspecified atom stereocenters. The van der Waals surface area contributed by atoms with Crippen LogP contribution in [0.3, 0.4) is 0 Å². The van der Waals surface area contributed by atoms with Crippen molar-refractivity contribution in [3.8, 4) is 29.4 Å². The minimum absolute atomic E-state index is 0.196. The zero-order chi connectivity index (χ0) is 21.8. The quantitative estimate of drug-likeness (QED) is 0.345. The topological polar surface area (TPSA) is 9.23 Å². The Kier molecular flexibility index (Phi) is 5.65. The number of halogens is 3. The molecule has 0 spiro atoms. The Labute approximate surface area is 178 Å². The number of ether oxygens (including phenoxy) is 1. The molecule has 0 aromatic heterocycles. The smallest absolute Gasteiger partial charge is 0.142 e. The average molecular weight is 412 g/mol. The lowest BCUT2D eigenvalue weighted by Crippen LogP contribution is -1.88. The van der Waals surface area contributed by atoms with E-state index in [2.05, 4.69) is 23.7 Å². The number of benzene rings is 4. The highest BCUT2D eigenvalue weighted by Crippen LogP contribution is 2.18. The third-order valence-electron chi connectivity index (χ3n) is 4.63. The normalized spacial score (nSPS) is 10.1. The first kappa shape index (κ1) is 20.1. The molecule has 0 fully saturated rings. The van der Waals surface area contributed by atoms with E-state index in [-0.39, 0.29) is 16.9 Å². The zero-order valence-corrected chi connectivity index (χ0v) is 16.5. The number of methoxy groups -OCH3 is 1. The summed E-state index contributed by atoms with van der Waals surface area (Å²) in [5, 5.41) is 1.62. The van der Waals surface area contributed by atoms with Crippen molar-refractivity contribution in [2.75, 3.05) is 7.11 Å². The van der Waals surface area contributed by atoms with Crippen LogP contribution >= 0.6 is 0 Å². The van der Waals surface area contributed by atoms with Crippen molar-refractivity contribution in [3.05, 3.63) is 113 Å². The summed E-state index contributed by atoms with van der Waals surface area (Å²) in [4.78, 5) is 0. The average Bonchev–Trinajstić information content (AvgIpc) is 2.77. The summed E-state index contributed by atoms with van der Waals surface area (Å²) >= 11 is 0. The molecule has 1 nitrogen and oxygen atoms in total. The molecular weight excluding hydrogens is 397 g/mol. The molecule has 0 aliphatic carbocycles. The van der Waals surface area contributed by atoms with Crippen molar-refractivity contribution in [2.45, 2.75) is 0 Å². The molecule has 0 amide bonds. The van der Waals surface area contributed by atoms with Gasteiger partial charge in [0.1, 0.15) is 23.2 Å². The third kappa shape index (κ3) is 4.71. The van der Waals surface area contributed by atoms with Crippen molar-refractivity contribution in [2.24, 2.45) is 0 Å². The van der Waals surface area contributed by atoms with Crippen molar-refractivity contribution in [3.63, 3.8) is 0 Å². The molecule has 0 N–H and O–H groups in total. The first-order valence-electron chi connectivity index (χ1n) is 9.38. The van der Waals surface area contributed by atoms with Crippen LogP contribution < -0.4 is 4.74 Å². The maximum Gasteiger partial charge on any atom is 0.142 e. The number of hydrogen-bond acceptors (Lipinski definition) is 1. The van der Waals surface area contributed by atoms with E-state index in [0.29, 0.717) is 16.9 Å². The van der Waals surface area contributed by atoms with Crippen LogP contribution in [0.1, 0.15) is 22.3 Å². The largest absolute Gasteiger partial charge is 0.497 e. The maximum atomic E-state index is 14.5. The van der Waals surface area contributed by atoms with Gasteiger partial charge < -0.3 is 4.74 Å². The van der Waals surface area contributed by atoms with Crippen LogP contribution in [0.25, 0.3) is 10.8 Å². The molecular formula is C27H15F3O. The summed E-state index contributed by atoms with van der Waals surface area (Å²) < 4.78 is 46.7. The molecule has 150 valence electrons. The van der Waals surface area contributed by atoms with E-state index in [4.69, 9.17) is 4.74 Å². The fraction of sp³-hybridized carbons (Fsp3) is 0.0370. The van der Waals surface area contributed by atoms with Crippen LogP contribution in [0.4, 0.5) is 13.2 Å². The van der Waals surface area contributed by atoms with E-state index in [1.165, 1.54) is 43.5 Å². The summed E-state index contributed by atoms with van der Waals surface area (Å²) in [6, 6.07) is 18.7. The fourth-order valence-corrected chi connectivity index (χ4v) is 2.99. The van der Waals surface area contributed by atoms with Crippen molar-refractivity contribution < 1.29 is 17.9 Å². The van der Waals surface area contributed by atoms with E-state index in [0.717, 1.165) is 10.8 Å². The molecule has 0 aliphatic rings. The summed E-state index contributed by atoms with van der Waals surface area (Å²) in [5.41, 5.74) is 1.52. The van der Waals surface area contributed by atoms with Gasteiger partial charge in [0, 0.05) is 17.2 Å². The minimum atomic E-state index is -0.516. The second kappa shape index (κ2) is 8.69. The molecule has 31 heavy (non-hydrogen) atoms. The summed E-state index contributed by atoms with van der Waals surface area (Å²) in [7, 11) is 1.45. The number of rotatable bonds is 1. The highest BCUT2D eigenvalue weighted by molar-refractivity contribution is 5.84. The summed E-state index contributed by atoms with van der Waals surface area (Å²) in [6.45, 7) is 0. The highest BCUT2D eigenvalue weighted by Gasteiger charge is 2.03. The molecule has 0 saturated carbocycles. The van der Waals surface area contributed by atoms with E-state index in [1.54, 1.807) is 30.3 Å². The van der Waals surface area contributed by atoms with E-state index >= 15 is 0 Å². The predicted octanol–water partition coefficient (Wildman–Crippen LogP) is 6.07. The van der Waals surface area contributed by atoms with E-state index in [9.17, 15) is 13.2 Å². The lowest BCUT2D eigenvalue weighted by molar-refractivity contribution is 0.411. The van der Waals surface area contributed by atoms with Gasteiger partial charge in [-0.15, -0.1) is 0 Å². The van der Waals surface area contributed by atoms with Crippen LogP contribution in [0, 0.1) is 41.1 Å². The molecule has 0 bridgehead atoms. The predicted molar refractivity (Wildman–Crippen MR) is 115 cm³/mol. The standard InChI is InChI=1S/C27H15F3O/c1-31-25-13-11-21(27(30)17-25)8-4-19-3-7-20(26(29)15-19)6-2-18-5-9-23-16-24(28)12-10-22(23)14-18/h3,5,7,9-17H,1H3. The van der Waals surface area contributed by atoms with Gasteiger partial charge >= 0.3 is 0 Å². The van der Waals surface area contributed by atoms with Gasteiger partial charge in [-0.2, -0.15) is 0 Å². The van der Waals surface area contributed by atoms with Crippen LogP contribution in [0.15, 0.2) is 72.8 Å². The first-order chi connectivity index (χ1) is 15.0. The summed E-state index contributed by atoms with van der Waals surface area (Å²) in [6.07, 6.45) is 0. The molecule has 0 radical (unpaired) electrons. The summed E-state index contributed by atoms with van der Waals surface area (Å²) in [5.74, 6) is 10.3. The van der Waals surface area contributed by atoms with Gasteiger partial charge in [-0.25, -0.2) is 13.2 Å². The van der Waals surface area contributed by atoms with Crippen molar-refractivity contribution >= 4 is 10.8 Å². The van der Waals surface area contributed by atoms with Crippen LogP contribution in [0.5, 0.6) is 5.75 Å². The van der Waals surface area contributed by atoms with Gasteiger partial charge in [0.2, 0.25) is 0 Å². The van der Waals surface area contributed by atoms with Crippen molar-refractivity contribution in [1.82, 2.24) is 0 Å². The Balaban J connectivity index is 1.56. The number of fused-ring (bicyclic) bond motifs is 1. The minimum Gasteiger partial charge on any atom is -0.497 e. The maximum absolute atomic E-state index is 14.5. The highest BCUT2D eigenvalue weighted by atomic mass is 19.1. The second-order valence-electron chi connectivity index (χ2n) is 6.75. The van der Waals surface area contributed by atoms with Gasteiger partial charge in [-0.3, -0.25) is 0 Å². The number of hydrogen-bond donors (Lipinski definition) is 0. The Bertz CT molecular complexity index is 1420. The van der Waals surface area contributed by atoms with E-state index < -0.39 is 11.6 Å². The third-order valence-corrected chi connectivity index (χ3v) is 4.63. The van der Waals surface area contributed by atoms with Gasteiger partial charge in [0.25, 0.3) is 0 Å². The molecule has 4 aromatic carbocycles. The molecule has 0 atom stereocenters.